The molecule has 0 saturated carbocycles. The molecular weight excluding hydrogens is 353 g/mol. The van der Waals surface area contributed by atoms with Gasteiger partial charge in [0.2, 0.25) is 0 Å². The highest BCUT2D eigenvalue weighted by Gasteiger charge is 2.17. The number of aromatic hydroxyl groups is 1. The van der Waals surface area contributed by atoms with Gasteiger partial charge >= 0.3 is 0 Å². The van der Waals surface area contributed by atoms with Crippen LogP contribution in [0.15, 0.2) is 54.6 Å². The number of aryl methyl sites for hydroxylation is 1. The van der Waals surface area contributed by atoms with Crippen LogP contribution in [0, 0.1) is 12.7 Å². The van der Waals surface area contributed by atoms with E-state index in [1.165, 1.54) is 35.6 Å². The van der Waals surface area contributed by atoms with Gasteiger partial charge in [-0.1, -0.05) is 6.07 Å². The second-order valence-electron chi connectivity index (χ2n) is 5.81. The van der Waals surface area contributed by atoms with Crippen molar-refractivity contribution in [1.82, 2.24) is 9.78 Å². The van der Waals surface area contributed by atoms with Crippen molar-refractivity contribution in [2.45, 2.75) is 6.92 Å². The van der Waals surface area contributed by atoms with Gasteiger partial charge in [-0.25, -0.2) is 9.07 Å². The number of halogens is 1. The van der Waals surface area contributed by atoms with E-state index >= 15 is 0 Å². The van der Waals surface area contributed by atoms with Crippen LogP contribution in [0.25, 0.3) is 15.9 Å². The van der Waals surface area contributed by atoms with Gasteiger partial charge in [-0.2, -0.15) is 5.10 Å². The van der Waals surface area contributed by atoms with Gasteiger partial charge in [0.05, 0.1) is 16.3 Å². The molecule has 0 aliphatic carbocycles. The van der Waals surface area contributed by atoms with E-state index in [-0.39, 0.29) is 17.5 Å². The summed E-state index contributed by atoms with van der Waals surface area (Å²) in [7, 11) is 0. The summed E-state index contributed by atoms with van der Waals surface area (Å²) < 4.78 is 14.9. The fourth-order valence-electron chi connectivity index (χ4n) is 2.69. The average molecular weight is 367 g/mol. The van der Waals surface area contributed by atoms with Crippen molar-refractivity contribution in [3.05, 3.63) is 71.0 Å². The maximum absolute atomic E-state index is 13.2. The maximum Gasteiger partial charge on any atom is 0.265 e. The number of amides is 1. The van der Waals surface area contributed by atoms with Gasteiger partial charge in [0, 0.05) is 17.1 Å². The molecule has 0 aliphatic heterocycles. The molecule has 26 heavy (non-hydrogen) atoms. The van der Waals surface area contributed by atoms with Crippen LogP contribution >= 0.6 is 11.3 Å². The lowest BCUT2D eigenvalue weighted by Gasteiger charge is -2.04. The second kappa shape index (κ2) is 6.27. The first-order valence-corrected chi connectivity index (χ1v) is 8.68. The van der Waals surface area contributed by atoms with Crippen LogP contribution in [-0.4, -0.2) is 20.8 Å². The number of hydrogen-bond acceptors (Lipinski definition) is 4. The van der Waals surface area contributed by atoms with Crippen molar-refractivity contribution in [1.29, 1.82) is 0 Å². The van der Waals surface area contributed by atoms with Crippen LogP contribution in [0.1, 0.15) is 15.4 Å². The molecule has 0 fully saturated rings. The Morgan fingerprint density at radius 1 is 1.19 bits per heavy atom. The quantitative estimate of drug-likeness (QED) is 0.560. The summed E-state index contributed by atoms with van der Waals surface area (Å²) in [5, 5.41) is 17.6. The van der Waals surface area contributed by atoms with Crippen molar-refractivity contribution in [3.8, 4) is 11.4 Å². The Hall–Kier alpha value is -3.19. The largest absolute Gasteiger partial charge is 0.508 e. The Morgan fingerprint density at radius 2 is 1.96 bits per heavy atom. The third-order valence-electron chi connectivity index (χ3n) is 3.94. The molecule has 4 rings (SSSR count). The zero-order chi connectivity index (χ0) is 18.3. The van der Waals surface area contributed by atoms with E-state index in [1.807, 2.05) is 6.92 Å². The zero-order valence-corrected chi connectivity index (χ0v) is 14.5. The van der Waals surface area contributed by atoms with Crippen LogP contribution in [-0.2, 0) is 0 Å². The Labute approximate surface area is 152 Å². The second-order valence-corrected chi connectivity index (χ2v) is 6.84. The van der Waals surface area contributed by atoms with Crippen LogP contribution in [0.4, 0.5) is 10.1 Å². The predicted octanol–water partition coefficient (Wildman–Crippen LogP) is 4.49. The van der Waals surface area contributed by atoms with Crippen LogP contribution in [0.5, 0.6) is 5.75 Å². The molecule has 0 aliphatic rings. The number of aromatic nitrogens is 2. The molecular formula is C19H14FN3O2S. The number of nitrogens with one attached hydrogen (secondary N) is 1. The fraction of sp³-hybridized carbons (Fsp3) is 0.0526. The third-order valence-corrected chi connectivity index (χ3v) is 5.05. The lowest BCUT2D eigenvalue weighted by molar-refractivity contribution is 0.103. The Morgan fingerprint density at radius 3 is 2.69 bits per heavy atom. The smallest absolute Gasteiger partial charge is 0.265 e. The SMILES string of the molecule is Cc1nn(-c2ccc(F)cc2)c2sc(C(=O)Nc3cccc(O)c3)cc12. The van der Waals surface area contributed by atoms with E-state index in [9.17, 15) is 14.3 Å². The first-order chi connectivity index (χ1) is 12.5. The Balaban J connectivity index is 1.70. The molecule has 4 aromatic rings. The first kappa shape index (κ1) is 16.3. The highest BCUT2D eigenvalue weighted by molar-refractivity contribution is 7.20. The number of phenolic OH excluding ortho intramolecular Hbond substituents is 1. The van der Waals surface area contributed by atoms with Crippen molar-refractivity contribution in [2.75, 3.05) is 5.32 Å². The zero-order valence-electron chi connectivity index (χ0n) is 13.7. The first-order valence-electron chi connectivity index (χ1n) is 7.87. The van der Waals surface area contributed by atoms with Gasteiger partial charge in [0.15, 0.2) is 0 Å². The molecule has 0 saturated heterocycles. The van der Waals surface area contributed by atoms with Crippen molar-refractivity contribution in [2.24, 2.45) is 0 Å². The Bertz CT molecular complexity index is 1120. The van der Waals surface area contributed by atoms with Crippen molar-refractivity contribution in [3.63, 3.8) is 0 Å². The number of phenols is 1. The molecule has 2 heterocycles. The van der Waals surface area contributed by atoms with E-state index in [0.717, 1.165) is 21.6 Å². The molecule has 0 atom stereocenters. The van der Waals surface area contributed by atoms with E-state index in [0.29, 0.717) is 10.6 Å². The molecule has 5 nitrogen and oxygen atoms in total. The standard InChI is InChI=1S/C19H14FN3O2S/c1-11-16-10-17(18(25)21-13-3-2-4-15(24)9-13)26-19(16)23(22-11)14-7-5-12(20)6-8-14/h2-10,24H,1H3,(H,21,25). The molecule has 2 aromatic carbocycles. The highest BCUT2D eigenvalue weighted by atomic mass is 32.1. The third kappa shape index (κ3) is 2.93. The van der Waals surface area contributed by atoms with Crippen LogP contribution in [0.2, 0.25) is 0 Å². The van der Waals surface area contributed by atoms with E-state index in [2.05, 4.69) is 10.4 Å². The van der Waals surface area contributed by atoms with E-state index in [1.54, 1.807) is 35.0 Å². The molecule has 2 N–H and O–H groups in total. The number of fused-ring (bicyclic) bond motifs is 1. The lowest BCUT2D eigenvalue weighted by Crippen LogP contribution is -2.09. The molecule has 2 aromatic heterocycles. The maximum atomic E-state index is 13.2. The number of carbonyl (C=O) groups is 1. The summed E-state index contributed by atoms with van der Waals surface area (Å²) in [6, 6.07) is 14.2. The monoisotopic (exact) mass is 367 g/mol. The molecule has 1 amide bonds. The van der Waals surface area contributed by atoms with Gasteiger partial charge in [-0.05, 0) is 49.4 Å². The minimum atomic E-state index is -0.314. The molecule has 7 heteroatoms. The molecule has 130 valence electrons. The van der Waals surface area contributed by atoms with E-state index < -0.39 is 0 Å². The number of anilines is 1. The molecule has 0 spiro atoms. The predicted molar refractivity (Wildman–Crippen MR) is 99.7 cm³/mol. The summed E-state index contributed by atoms with van der Waals surface area (Å²) >= 11 is 1.31. The number of thiophene rings is 1. The minimum absolute atomic E-state index is 0.0851. The Kier molecular flexibility index (Phi) is 3.93. The number of rotatable bonds is 3. The van der Waals surface area contributed by atoms with Gasteiger partial charge < -0.3 is 10.4 Å². The lowest BCUT2D eigenvalue weighted by atomic mass is 10.2. The fourth-order valence-corrected chi connectivity index (χ4v) is 3.77. The molecule has 0 radical (unpaired) electrons. The summed E-state index contributed by atoms with van der Waals surface area (Å²) in [4.78, 5) is 13.9. The van der Waals surface area contributed by atoms with Crippen LogP contribution in [0.3, 0.4) is 0 Å². The van der Waals surface area contributed by atoms with Gasteiger partial charge in [-0.15, -0.1) is 11.3 Å². The number of nitrogens with zero attached hydrogens (tertiary/aromatic N) is 2. The van der Waals surface area contributed by atoms with E-state index in [4.69, 9.17) is 0 Å². The van der Waals surface area contributed by atoms with Crippen molar-refractivity contribution < 1.29 is 14.3 Å². The highest BCUT2D eigenvalue weighted by Crippen LogP contribution is 2.31. The molecule has 0 bridgehead atoms. The van der Waals surface area contributed by atoms with Gasteiger partial charge in [-0.3, -0.25) is 4.79 Å². The summed E-state index contributed by atoms with van der Waals surface area (Å²) in [5.41, 5.74) is 2.03. The average Bonchev–Trinajstić information content (AvgIpc) is 3.17. The minimum Gasteiger partial charge on any atom is -0.508 e. The van der Waals surface area contributed by atoms with Crippen molar-refractivity contribution >= 4 is 33.1 Å². The summed E-state index contributed by atoms with van der Waals surface area (Å²) in [5.74, 6) is -0.491. The van der Waals surface area contributed by atoms with Crippen LogP contribution < -0.4 is 5.32 Å². The number of carbonyl (C=O) groups excluding carboxylic acids is 1. The summed E-state index contributed by atoms with van der Waals surface area (Å²) in [6.07, 6.45) is 0. The number of hydrogen-bond donors (Lipinski definition) is 2. The van der Waals surface area contributed by atoms with Gasteiger partial charge in [0.1, 0.15) is 16.4 Å². The molecule has 0 unspecified atom stereocenters. The normalized spacial score (nSPS) is 11.0. The summed E-state index contributed by atoms with van der Waals surface area (Å²) in [6.45, 7) is 1.87. The topological polar surface area (TPSA) is 67.2 Å². The number of benzene rings is 2. The van der Waals surface area contributed by atoms with Gasteiger partial charge in [0.25, 0.3) is 5.91 Å².